The van der Waals surface area contributed by atoms with Crippen molar-refractivity contribution in [2.45, 2.75) is 38.5 Å². The Morgan fingerprint density at radius 2 is 2.27 bits per heavy atom. The van der Waals surface area contributed by atoms with Gasteiger partial charge in [0.05, 0.1) is 19.3 Å². The van der Waals surface area contributed by atoms with Crippen LogP contribution in [0.2, 0.25) is 0 Å². The molecule has 3 N–H and O–H groups in total. The molecule has 3 rings (SSSR count). The summed E-state index contributed by atoms with van der Waals surface area (Å²) in [7, 11) is 0. The maximum atomic E-state index is 11.1. The SMILES string of the molecule is C[C@@H]1[C@H](C)Nc2ccc(OC3CCOC3)cc2[C@@H]1NC(=O)O. The van der Waals surface area contributed by atoms with Crippen molar-refractivity contribution >= 4 is 11.8 Å². The summed E-state index contributed by atoms with van der Waals surface area (Å²) in [4.78, 5) is 11.1. The Morgan fingerprint density at radius 3 is 2.95 bits per heavy atom. The summed E-state index contributed by atoms with van der Waals surface area (Å²) in [5.74, 6) is 0.906. The zero-order valence-electron chi connectivity index (χ0n) is 12.8. The molecule has 120 valence electrons. The van der Waals surface area contributed by atoms with Crippen molar-refractivity contribution in [1.29, 1.82) is 0 Å². The van der Waals surface area contributed by atoms with Crippen molar-refractivity contribution in [1.82, 2.24) is 5.32 Å². The lowest BCUT2D eigenvalue weighted by atomic mass is 9.84. The smallest absolute Gasteiger partial charge is 0.405 e. The van der Waals surface area contributed by atoms with Gasteiger partial charge in [0.15, 0.2) is 0 Å². The molecule has 1 fully saturated rings. The van der Waals surface area contributed by atoms with Crippen LogP contribution in [-0.2, 0) is 4.74 Å². The monoisotopic (exact) mass is 306 g/mol. The summed E-state index contributed by atoms with van der Waals surface area (Å²) in [6.07, 6.45) is -0.0382. The van der Waals surface area contributed by atoms with E-state index in [1.807, 2.05) is 25.1 Å². The van der Waals surface area contributed by atoms with Crippen LogP contribution in [0, 0.1) is 5.92 Å². The van der Waals surface area contributed by atoms with E-state index in [-0.39, 0.29) is 24.1 Å². The van der Waals surface area contributed by atoms with Crippen molar-refractivity contribution in [3.8, 4) is 5.75 Å². The van der Waals surface area contributed by atoms with Crippen LogP contribution in [0.15, 0.2) is 18.2 Å². The van der Waals surface area contributed by atoms with E-state index >= 15 is 0 Å². The van der Waals surface area contributed by atoms with Gasteiger partial charge in [-0.15, -0.1) is 0 Å². The van der Waals surface area contributed by atoms with Crippen LogP contribution in [0.25, 0.3) is 0 Å². The molecule has 6 nitrogen and oxygen atoms in total. The lowest BCUT2D eigenvalue weighted by Gasteiger charge is -2.37. The van der Waals surface area contributed by atoms with E-state index in [0.29, 0.717) is 6.61 Å². The van der Waals surface area contributed by atoms with Gasteiger partial charge in [0.2, 0.25) is 0 Å². The van der Waals surface area contributed by atoms with Gasteiger partial charge >= 0.3 is 6.09 Å². The molecule has 6 heteroatoms. The van der Waals surface area contributed by atoms with E-state index in [9.17, 15) is 4.79 Å². The zero-order valence-corrected chi connectivity index (χ0v) is 12.8. The lowest BCUT2D eigenvalue weighted by molar-refractivity contribution is 0.141. The van der Waals surface area contributed by atoms with Crippen LogP contribution in [0.5, 0.6) is 5.75 Å². The molecule has 4 atom stereocenters. The third-order valence-corrected chi connectivity index (χ3v) is 4.53. The van der Waals surface area contributed by atoms with Gasteiger partial charge in [-0.25, -0.2) is 4.79 Å². The first-order chi connectivity index (χ1) is 10.5. The standard InChI is InChI=1S/C16H22N2O4/c1-9-10(2)17-14-4-3-11(22-12-5-6-21-8-12)7-13(14)15(9)18-16(19)20/h3-4,7,9-10,12,15,17-18H,5-6,8H2,1-2H3,(H,19,20)/t9-,10+,12?,15-/m1/s1. The highest BCUT2D eigenvalue weighted by Crippen LogP contribution is 2.38. The Bertz CT molecular complexity index is 557. The average Bonchev–Trinajstić information content (AvgIpc) is 2.97. The van der Waals surface area contributed by atoms with Crippen LogP contribution in [0.4, 0.5) is 10.5 Å². The van der Waals surface area contributed by atoms with E-state index in [2.05, 4.69) is 17.6 Å². The molecule has 0 radical (unpaired) electrons. The average molecular weight is 306 g/mol. The highest BCUT2D eigenvalue weighted by Gasteiger charge is 2.33. The summed E-state index contributed by atoms with van der Waals surface area (Å²) < 4.78 is 11.2. The summed E-state index contributed by atoms with van der Waals surface area (Å²) in [6.45, 7) is 5.44. The third-order valence-electron chi connectivity index (χ3n) is 4.53. The Labute approximate surface area is 129 Å². The van der Waals surface area contributed by atoms with Crippen LogP contribution in [-0.4, -0.2) is 36.6 Å². The summed E-state index contributed by atoms with van der Waals surface area (Å²) >= 11 is 0. The molecule has 1 saturated heterocycles. The van der Waals surface area contributed by atoms with Crippen LogP contribution in [0.1, 0.15) is 31.9 Å². The number of nitrogens with one attached hydrogen (secondary N) is 2. The number of anilines is 1. The van der Waals surface area contributed by atoms with Crippen molar-refractivity contribution < 1.29 is 19.4 Å². The number of carboxylic acid groups (broad SMARTS) is 1. The minimum absolute atomic E-state index is 0.0804. The molecule has 0 spiro atoms. The molecule has 2 aliphatic rings. The largest absolute Gasteiger partial charge is 0.488 e. The molecule has 1 amide bonds. The van der Waals surface area contributed by atoms with E-state index in [1.54, 1.807) is 0 Å². The lowest BCUT2D eigenvalue weighted by Crippen LogP contribution is -2.42. The fourth-order valence-corrected chi connectivity index (χ4v) is 3.09. The number of carbonyl (C=O) groups is 1. The number of amides is 1. The van der Waals surface area contributed by atoms with Crippen molar-refractivity contribution in [2.75, 3.05) is 18.5 Å². The first-order valence-electron chi connectivity index (χ1n) is 7.69. The number of ether oxygens (including phenoxy) is 2. The van der Waals surface area contributed by atoms with Crippen LogP contribution >= 0.6 is 0 Å². The zero-order chi connectivity index (χ0) is 15.7. The number of fused-ring (bicyclic) bond motifs is 1. The fourth-order valence-electron chi connectivity index (χ4n) is 3.09. The molecule has 1 unspecified atom stereocenters. The Kier molecular flexibility index (Phi) is 4.11. The molecule has 0 saturated carbocycles. The highest BCUT2D eigenvalue weighted by atomic mass is 16.5. The maximum Gasteiger partial charge on any atom is 0.405 e. The van der Waals surface area contributed by atoms with Crippen molar-refractivity contribution in [3.05, 3.63) is 23.8 Å². The third kappa shape index (κ3) is 2.97. The van der Waals surface area contributed by atoms with Gasteiger partial charge in [-0.3, -0.25) is 0 Å². The van der Waals surface area contributed by atoms with E-state index in [1.165, 1.54) is 0 Å². The Balaban J connectivity index is 1.86. The Hall–Kier alpha value is -1.95. The van der Waals surface area contributed by atoms with Crippen molar-refractivity contribution in [3.63, 3.8) is 0 Å². The predicted molar refractivity (Wildman–Crippen MR) is 82.4 cm³/mol. The molecule has 0 aromatic heterocycles. The van der Waals surface area contributed by atoms with E-state index in [4.69, 9.17) is 14.6 Å². The molecule has 2 heterocycles. The van der Waals surface area contributed by atoms with Gasteiger partial charge in [0.25, 0.3) is 0 Å². The quantitative estimate of drug-likeness (QED) is 0.800. The van der Waals surface area contributed by atoms with Gasteiger partial charge in [-0.2, -0.15) is 0 Å². The fraction of sp³-hybridized carbons (Fsp3) is 0.562. The van der Waals surface area contributed by atoms with Gasteiger partial charge in [0, 0.05) is 29.6 Å². The molecule has 1 aromatic carbocycles. The molecule has 2 aliphatic heterocycles. The number of hydrogen-bond donors (Lipinski definition) is 3. The van der Waals surface area contributed by atoms with Crippen LogP contribution in [0.3, 0.4) is 0 Å². The predicted octanol–water partition coefficient (Wildman–Crippen LogP) is 2.61. The second-order valence-electron chi connectivity index (χ2n) is 6.07. The number of hydrogen-bond acceptors (Lipinski definition) is 4. The topological polar surface area (TPSA) is 79.8 Å². The van der Waals surface area contributed by atoms with Gasteiger partial charge in [0.1, 0.15) is 11.9 Å². The molecular weight excluding hydrogens is 284 g/mol. The van der Waals surface area contributed by atoms with E-state index < -0.39 is 6.09 Å². The molecular formula is C16H22N2O4. The number of rotatable bonds is 3. The first kappa shape index (κ1) is 15.0. The maximum absolute atomic E-state index is 11.1. The molecule has 1 aromatic rings. The normalized spacial score (nSPS) is 30.3. The Morgan fingerprint density at radius 1 is 1.45 bits per heavy atom. The molecule has 22 heavy (non-hydrogen) atoms. The first-order valence-corrected chi connectivity index (χ1v) is 7.69. The summed E-state index contributed by atoms with van der Waals surface area (Å²) in [5.41, 5.74) is 1.89. The van der Waals surface area contributed by atoms with Gasteiger partial charge in [-0.05, 0) is 25.1 Å². The summed E-state index contributed by atoms with van der Waals surface area (Å²) in [5, 5.41) is 15.2. The number of benzene rings is 1. The van der Waals surface area contributed by atoms with Crippen LogP contribution < -0.4 is 15.4 Å². The minimum atomic E-state index is -1.01. The van der Waals surface area contributed by atoms with Gasteiger partial charge in [-0.1, -0.05) is 6.92 Å². The van der Waals surface area contributed by atoms with Gasteiger partial charge < -0.3 is 25.2 Å². The highest BCUT2D eigenvalue weighted by molar-refractivity contribution is 5.67. The summed E-state index contributed by atoms with van der Waals surface area (Å²) in [6, 6.07) is 5.76. The van der Waals surface area contributed by atoms with Crippen molar-refractivity contribution in [2.24, 2.45) is 5.92 Å². The second kappa shape index (κ2) is 6.04. The molecule has 0 bridgehead atoms. The van der Waals surface area contributed by atoms with E-state index in [0.717, 1.165) is 30.0 Å². The minimum Gasteiger partial charge on any atom is -0.488 e. The molecule has 0 aliphatic carbocycles. The second-order valence-corrected chi connectivity index (χ2v) is 6.07.